The van der Waals surface area contributed by atoms with Gasteiger partial charge in [0.05, 0.1) is 0 Å². The van der Waals surface area contributed by atoms with Gasteiger partial charge in [0, 0.05) is 19.9 Å². The molecule has 0 aliphatic heterocycles. The predicted molar refractivity (Wildman–Crippen MR) is 49.7 cm³/mol. The minimum atomic E-state index is -4.43. The van der Waals surface area contributed by atoms with Gasteiger partial charge >= 0.3 is 12.1 Å². The maximum atomic E-state index is 11.9. The first-order valence-corrected chi connectivity index (χ1v) is 4.64. The van der Waals surface area contributed by atoms with E-state index in [2.05, 4.69) is 0 Å². The Morgan fingerprint density at radius 2 is 1.81 bits per heavy atom. The summed E-state index contributed by atoms with van der Waals surface area (Å²) in [6.45, 7) is 0.194. The van der Waals surface area contributed by atoms with Crippen LogP contribution < -0.4 is 0 Å². The van der Waals surface area contributed by atoms with Crippen molar-refractivity contribution in [3.05, 3.63) is 0 Å². The van der Waals surface area contributed by atoms with Crippen molar-refractivity contribution in [1.82, 2.24) is 4.90 Å². The van der Waals surface area contributed by atoms with Crippen LogP contribution in [0.4, 0.5) is 13.2 Å². The third-order valence-corrected chi connectivity index (χ3v) is 1.89. The van der Waals surface area contributed by atoms with E-state index in [9.17, 15) is 22.8 Å². The summed E-state index contributed by atoms with van der Waals surface area (Å²) in [5, 5.41) is 8.42. The SMILES string of the molecule is CC(CC(=O)O)CC(=O)N(C)CC(F)(F)F. The van der Waals surface area contributed by atoms with Gasteiger partial charge in [0.2, 0.25) is 5.91 Å². The summed E-state index contributed by atoms with van der Waals surface area (Å²) in [6, 6.07) is 0. The number of carbonyl (C=O) groups excluding carboxylic acids is 1. The monoisotopic (exact) mass is 241 g/mol. The van der Waals surface area contributed by atoms with Gasteiger partial charge in [-0.05, 0) is 5.92 Å². The summed E-state index contributed by atoms with van der Waals surface area (Å²) in [7, 11) is 1.04. The molecule has 0 bridgehead atoms. The number of alkyl halides is 3. The molecule has 0 aromatic rings. The molecular formula is C9H14F3NO3. The van der Waals surface area contributed by atoms with E-state index in [0.717, 1.165) is 7.05 Å². The third-order valence-electron chi connectivity index (χ3n) is 1.89. The molecule has 0 radical (unpaired) electrons. The van der Waals surface area contributed by atoms with Crippen LogP contribution in [0.1, 0.15) is 19.8 Å². The molecule has 7 heteroatoms. The van der Waals surface area contributed by atoms with E-state index >= 15 is 0 Å². The number of carboxylic acids is 1. The minimum absolute atomic E-state index is 0.196. The number of carbonyl (C=O) groups is 2. The van der Waals surface area contributed by atoms with Crippen molar-refractivity contribution in [2.75, 3.05) is 13.6 Å². The zero-order chi connectivity index (χ0) is 12.9. The Hall–Kier alpha value is -1.27. The minimum Gasteiger partial charge on any atom is -0.481 e. The molecule has 0 aliphatic carbocycles. The first kappa shape index (κ1) is 14.7. The van der Waals surface area contributed by atoms with Crippen molar-refractivity contribution in [3.8, 4) is 0 Å². The highest BCUT2D eigenvalue weighted by atomic mass is 19.4. The fourth-order valence-electron chi connectivity index (χ4n) is 1.18. The number of amides is 1. The van der Waals surface area contributed by atoms with Crippen LogP contribution in [-0.2, 0) is 9.59 Å². The highest BCUT2D eigenvalue weighted by Gasteiger charge is 2.31. The summed E-state index contributed by atoms with van der Waals surface area (Å²) in [5.41, 5.74) is 0. The summed E-state index contributed by atoms with van der Waals surface area (Å²) in [5.74, 6) is -2.24. The zero-order valence-corrected chi connectivity index (χ0v) is 9.04. The Morgan fingerprint density at radius 1 is 1.31 bits per heavy atom. The quantitative estimate of drug-likeness (QED) is 0.793. The van der Waals surface area contributed by atoms with Gasteiger partial charge in [-0.2, -0.15) is 13.2 Å². The largest absolute Gasteiger partial charge is 0.481 e. The Kier molecular flexibility index (Phi) is 5.26. The van der Waals surface area contributed by atoms with Crippen LogP contribution in [0.25, 0.3) is 0 Å². The zero-order valence-electron chi connectivity index (χ0n) is 9.04. The number of halogens is 3. The van der Waals surface area contributed by atoms with Gasteiger partial charge in [-0.1, -0.05) is 6.92 Å². The molecule has 0 saturated heterocycles. The Bertz CT molecular complexity index is 265. The lowest BCUT2D eigenvalue weighted by Gasteiger charge is -2.20. The first-order chi connectivity index (χ1) is 7.11. The third kappa shape index (κ3) is 7.08. The lowest BCUT2D eigenvalue weighted by atomic mass is 10.0. The summed E-state index contributed by atoms with van der Waals surface area (Å²) in [4.78, 5) is 22.1. The standard InChI is InChI=1S/C9H14F3NO3/c1-6(4-8(15)16)3-7(14)13(2)5-9(10,11)12/h6H,3-5H2,1-2H3,(H,15,16). The molecule has 0 aromatic heterocycles. The van der Waals surface area contributed by atoms with E-state index in [1.807, 2.05) is 0 Å². The van der Waals surface area contributed by atoms with Gasteiger partial charge in [-0.15, -0.1) is 0 Å². The van der Waals surface area contributed by atoms with Gasteiger partial charge < -0.3 is 10.0 Å². The van der Waals surface area contributed by atoms with Gasteiger partial charge in [0.15, 0.2) is 0 Å². The fourth-order valence-corrected chi connectivity index (χ4v) is 1.18. The molecule has 0 aliphatic rings. The molecule has 1 amide bonds. The van der Waals surface area contributed by atoms with Crippen molar-refractivity contribution < 1.29 is 27.9 Å². The molecule has 4 nitrogen and oxygen atoms in total. The van der Waals surface area contributed by atoms with Gasteiger partial charge in [0.25, 0.3) is 0 Å². The fraction of sp³-hybridized carbons (Fsp3) is 0.778. The van der Waals surface area contributed by atoms with Crippen molar-refractivity contribution in [2.45, 2.75) is 25.9 Å². The molecule has 0 saturated carbocycles. The lowest BCUT2D eigenvalue weighted by Crippen LogP contribution is -2.36. The first-order valence-electron chi connectivity index (χ1n) is 4.64. The van der Waals surface area contributed by atoms with Crippen LogP contribution >= 0.6 is 0 Å². The van der Waals surface area contributed by atoms with E-state index in [4.69, 9.17) is 5.11 Å². The van der Waals surface area contributed by atoms with Crippen LogP contribution in [0, 0.1) is 5.92 Å². The van der Waals surface area contributed by atoms with Crippen LogP contribution in [0.3, 0.4) is 0 Å². The van der Waals surface area contributed by atoms with Crippen molar-refractivity contribution >= 4 is 11.9 Å². The number of aliphatic carboxylic acids is 1. The molecule has 0 aromatic carbocycles. The van der Waals surface area contributed by atoms with Crippen LogP contribution in [0.5, 0.6) is 0 Å². The number of hydrogen-bond donors (Lipinski definition) is 1. The molecule has 1 N–H and O–H groups in total. The Morgan fingerprint density at radius 3 is 2.19 bits per heavy atom. The molecule has 0 fully saturated rings. The Labute approximate surface area is 91.0 Å². The molecule has 16 heavy (non-hydrogen) atoms. The second kappa shape index (κ2) is 5.72. The average Bonchev–Trinajstić information content (AvgIpc) is 1.98. The van der Waals surface area contributed by atoms with Crippen molar-refractivity contribution in [1.29, 1.82) is 0 Å². The smallest absolute Gasteiger partial charge is 0.406 e. The molecule has 1 atom stereocenters. The maximum Gasteiger partial charge on any atom is 0.406 e. The molecular weight excluding hydrogens is 227 g/mol. The molecule has 0 rings (SSSR count). The summed E-state index contributed by atoms with van der Waals surface area (Å²) in [6.07, 6.45) is -4.86. The van der Waals surface area contributed by atoms with E-state index in [1.165, 1.54) is 6.92 Å². The highest BCUT2D eigenvalue weighted by molar-refractivity contribution is 5.77. The predicted octanol–water partition coefficient (Wildman–Crippen LogP) is 1.51. The second-order valence-corrected chi connectivity index (χ2v) is 3.77. The van der Waals surface area contributed by atoms with Gasteiger partial charge in [-0.25, -0.2) is 0 Å². The normalized spacial score (nSPS) is 13.3. The number of hydrogen-bond acceptors (Lipinski definition) is 2. The van der Waals surface area contributed by atoms with Crippen LogP contribution in [-0.4, -0.2) is 41.7 Å². The lowest BCUT2D eigenvalue weighted by molar-refractivity contribution is -0.159. The maximum absolute atomic E-state index is 11.9. The second-order valence-electron chi connectivity index (χ2n) is 3.77. The Balaban J connectivity index is 4.10. The number of carboxylic acid groups (broad SMARTS) is 1. The van der Waals surface area contributed by atoms with E-state index in [-0.39, 0.29) is 12.8 Å². The summed E-state index contributed by atoms with van der Waals surface area (Å²) >= 11 is 0. The average molecular weight is 241 g/mol. The number of rotatable bonds is 5. The van der Waals surface area contributed by atoms with E-state index in [1.54, 1.807) is 0 Å². The molecule has 1 unspecified atom stereocenters. The van der Waals surface area contributed by atoms with E-state index < -0.39 is 30.5 Å². The van der Waals surface area contributed by atoms with Gasteiger partial charge in [-0.3, -0.25) is 9.59 Å². The molecule has 0 heterocycles. The van der Waals surface area contributed by atoms with E-state index in [0.29, 0.717) is 4.90 Å². The van der Waals surface area contributed by atoms with Crippen LogP contribution in [0.2, 0.25) is 0 Å². The topological polar surface area (TPSA) is 57.6 Å². The molecule has 0 spiro atoms. The molecule has 94 valence electrons. The van der Waals surface area contributed by atoms with Crippen LogP contribution in [0.15, 0.2) is 0 Å². The van der Waals surface area contributed by atoms with Crippen molar-refractivity contribution in [3.63, 3.8) is 0 Å². The van der Waals surface area contributed by atoms with Crippen molar-refractivity contribution in [2.24, 2.45) is 5.92 Å². The number of nitrogens with zero attached hydrogens (tertiary/aromatic N) is 1. The highest BCUT2D eigenvalue weighted by Crippen LogP contribution is 2.17. The summed E-state index contributed by atoms with van der Waals surface area (Å²) < 4.78 is 35.8. The van der Waals surface area contributed by atoms with Gasteiger partial charge in [0.1, 0.15) is 6.54 Å².